The standard InChI is InChI=1S/C10H6ClN5O/c11-8-5-13-2-1-7(8)10(17)15-9-6(3-12)4-14-16-9/h1-2,4-5H,(H2,14,15,16,17). The van der Waals surface area contributed by atoms with Crippen molar-refractivity contribution >= 4 is 23.3 Å². The third-order valence-corrected chi connectivity index (χ3v) is 2.32. The number of aromatic amines is 1. The molecule has 0 spiro atoms. The van der Waals surface area contributed by atoms with Crippen molar-refractivity contribution in [2.24, 2.45) is 0 Å². The number of pyridine rings is 1. The molecule has 2 heterocycles. The zero-order valence-corrected chi connectivity index (χ0v) is 9.19. The molecule has 0 aliphatic rings. The first-order chi connectivity index (χ1) is 8.22. The van der Waals surface area contributed by atoms with Crippen molar-refractivity contribution in [2.75, 3.05) is 5.32 Å². The second kappa shape index (κ2) is 4.63. The number of carbonyl (C=O) groups is 1. The summed E-state index contributed by atoms with van der Waals surface area (Å²) in [5.41, 5.74) is 0.531. The summed E-state index contributed by atoms with van der Waals surface area (Å²) in [6, 6.07) is 3.38. The summed E-state index contributed by atoms with van der Waals surface area (Å²) < 4.78 is 0. The number of hydrogen-bond donors (Lipinski definition) is 2. The van der Waals surface area contributed by atoms with E-state index in [9.17, 15) is 4.79 Å². The van der Waals surface area contributed by atoms with Crippen LogP contribution in [0, 0.1) is 11.3 Å². The highest BCUT2D eigenvalue weighted by Gasteiger charge is 2.13. The quantitative estimate of drug-likeness (QED) is 0.842. The molecule has 2 N–H and O–H groups in total. The van der Waals surface area contributed by atoms with Crippen LogP contribution in [0.25, 0.3) is 0 Å². The third kappa shape index (κ3) is 2.24. The van der Waals surface area contributed by atoms with Gasteiger partial charge in [0, 0.05) is 12.4 Å². The Morgan fingerprint density at radius 2 is 2.35 bits per heavy atom. The molecule has 0 aliphatic carbocycles. The van der Waals surface area contributed by atoms with Gasteiger partial charge in [0.25, 0.3) is 5.91 Å². The molecule has 0 aliphatic heterocycles. The molecule has 0 bridgehead atoms. The molecule has 0 atom stereocenters. The lowest BCUT2D eigenvalue weighted by atomic mass is 10.2. The summed E-state index contributed by atoms with van der Waals surface area (Å²) in [6.07, 6.45) is 4.15. The molecule has 6 nitrogen and oxygen atoms in total. The van der Waals surface area contributed by atoms with E-state index in [0.717, 1.165) is 0 Å². The second-order valence-corrected chi connectivity index (χ2v) is 3.49. The molecule has 2 aromatic heterocycles. The molecule has 0 aromatic carbocycles. The van der Waals surface area contributed by atoms with E-state index in [1.54, 1.807) is 0 Å². The number of nitrogens with one attached hydrogen (secondary N) is 2. The molecule has 7 heteroatoms. The molecule has 2 rings (SSSR count). The fourth-order valence-corrected chi connectivity index (χ4v) is 1.41. The van der Waals surface area contributed by atoms with Gasteiger partial charge in [-0.25, -0.2) is 0 Å². The predicted molar refractivity (Wildman–Crippen MR) is 60.5 cm³/mol. The summed E-state index contributed by atoms with van der Waals surface area (Å²) in [5.74, 6) is -0.191. The lowest BCUT2D eigenvalue weighted by molar-refractivity contribution is 0.102. The van der Waals surface area contributed by atoms with Gasteiger partial charge >= 0.3 is 0 Å². The van der Waals surface area contributed by atoms with E-state index < -0.39 is 5.91 Å². The molecule has 2 aromatic rings. The van der Waals surface area contributed by atoms with Crippen molar-refractivity contribution in [1.82, 2.24) is 15.2 Å². The van der Waals surface area contributed by atoms with Crippen LogP contribution >= 0.6 is 11.6 Å². The Kier molecular flexibility index (Phi) is 3.03. The normalized spacial score (nSPS) is 9.65. The fourth-order valence-electron chi connectivity index (χ4n) is 1.21. The Labute approximate surface area is 101 Å². The van der Waals surface area contributed by atoms with Crippen LogP contribution in [-0.2, 0) is 0 Å². The first-order valence-electron chi connectivity index (χ1n) is 4.56. The Hall–Kier alpha value is -2.39. The molecular formula is C10H6ClN5O. The fraction of sp³-hybridized carbons (Fsp3) is 0. The number of halogens is 1. The van der Waals surface area contributed by atoms with Crippen LogP contribution in [0.4, 0.5) is 5.82 Å². The zero-order chi connectivity index (χ0) is 12.3. The van der Waals surface area contributed by atoms with Gasteiger partial charge in [-0.1, -0.05) is 11.6 Å². The van der Waals surface area contributed by atoms with Gasteiger partial charge < -0.3 is 5.32 Å². The largest absolute Gasteiger partial charge is 0.306 e. The number of nitrogens with zero attached hydrogens (tertiary/aromatic N) is 3. The van der Waals surface area contributed by atoms with Gasteiger partial charge in [-0.2, -0.15) is 10.4 Å². The minimum absolute atomic E-state index is 0.239. The number of rotatable bonds is 2. The van der Waals surface area contributed by atoms with Crippen LogP contribution in [0.15, 0.2) is 24.7 Å². The molecule has 0 radical (unpaired) electrons. The average Bonchev–Trinajstić information content (AvgIpc) is 2.76. The Morgan fingerprint density at radius 1 is 1.53 bits per heavy atom. The van der Waals surface area contributed by atoms with Crippen molar-refractivity contribution in [3.8, 4) is 6.07 Å². The van der Waals surface area contributed by atoms with E-state index in [-0.39, 0.29) is 22.0 Å². The SMILES string of the molecule is N#Cc1cn[nH]c1NC(=O)c1ccncc1Cl. The third-order valence-electron chi connectivity index (χ3n) is 2.02. The highest BCUT2D eigenvalue weighted by atomic mass is 35.5. The van der Waals surface area contributed by atoms with Crippen LogP contribution in [0.1, 0.15) is 15.9 Å². The molecular weight excluding hydrogens is 242 g/mol. The van der Waals surface area contributed by atoms with E-state index >= 15 is 0 Å². The van der Waals surface area contributed by atoms with Crippen LogP contribution in [0.3, 0.4) is 0 Å². The number of H-pyrrole nitrogens is 1. The Bertz CT molecular complexity index is 601. The summed E-state index contributed by atoms with van der Waals surface area (Å²) in [6.45, 7) is 0. The topological polar surface area (TPSA) is 94.5 Å². The number of amides is 1. The summed E-state index contributed by atoms with van der Waals surface area (Å²) >= 11 is 5.82. The van der Waals surface area contributed by atoms with Crippen LogP contribution < -0.4 is 5.32 Å². The lowest BCUT2D eigenvalue weighted by Gasteiger charge is -2.04. The van der Waals surface area contributed by atoms with Crippen molar-refractivity contribution in [2.45, 2.75) is 0 Å². The van der Waals surface area contributed by atoms with Crippen molar-refractivity contribution < 1.29 is 4.79 Å². The highest BCUT2D eigenvalue weighted by molar-refractivity contribution is 6.34. The Balaban J connectivity index is 2.24. The number of hydrogen-bond acceptors (Lipinski definition) is 4. The average molecular weight is 248 g/mol. The number of aromatic nitrogens is 3. The van der Waals surface area contributed by atoms with Crippen molar-refractivity contribution in [3.05, 3.63) is 40.8 Å². The molecule has 0 saturated heterocycles. The highest BCUT2D eigenvalue weighted by Crippen LogP contribution is 2.16. The first-order valence-corrected chi connectivity index (χ1v) is 4.94. The van der Waals surface area contributed by atoms with Gasteiger partial charge in [-0.3, -0.25) is 14.9 Å². The number of anilines is 1. The number of nitriles is 1. The molecule has 17 heavy (non-hydrogen) atoms. The van der Waals surface area contributed by atoms with Gasteiger partial charge in [0.1, 0.15) is 17.5 Å². The minimum Gasteiger partial charge on any atom is -0.306 e. The molecule has 0 saturated carbocycles. The van der Waals surface area contributed by atoms with Crippen LogP contribution in [-0.4, -0.2) is 21.1 Å². The monoisotopic (exact) mass is 247 g/mol. The van der Waals surface area contributed by atoms with E-state index in [0.29, 0.717) is 0 Å². The molecule has 1 amide bonds. The number of carbonyl (C=O) groups excluding carboxylic acids is 1. The predicted octanol–water partition coefficient (Wildman–Crippen LogP) is 1.58. The summed E-state index contributed by atoms with van der Waals surface area (Å²) in [7, 11) is 0. The van der Waals surface area contributed by atoms with Gasteiger partial charge in [0.2, 0.25) is 0 Å². The van der Waals surface area contributed by atoms with E-state index in [1.807, 2.05) is 6.07 Å². The minimum atomic E-state index is -0.432. The summed E-state index contributed by atoms with van der Waals surface area (Å²) in [5, 5.41) is 17.7. The van der Waals surface area contributed by atoms with Gasteiger partial charge in [-0.15, -0.1) is 0 Å². The van der Waals surface area contributed by atoms with Crippen LogP contribution in [0.2, 0.25) is 5.02 Å². The molecule has 84 valence electrons. The Morgan fingerprint density at radius 3 is 3.06 bits per heavy atom. The van der Waals surface area contributed by atoms with E-state index in [1.165, 1.54) is 24.7 Å². The summed E-state index contributed by atoms with van der Waals surface area (Å²) in [4.78, 5) is 15.6. The van der Waals surface area contributed by atoms with Crippen LogP contribution in [0.5, 0.6) is 0 Å². The maximum Gasteiger partial charge on any atom is 0.258 e. The van der Waals surface area contributed by atoms with Crippen molar-refractivity contribution in [3.63, 3.8) is 0 Å². The second-order valence-electron chi connectivity index (χ2n) is 3.08. The zero-order valence-electron chi connectivity index (χ0n) is 8.44. The van der Waals surface area contributed by atoms with Gasteiger partial charge in [0.05, 0.1) is 16.8 Å². The smallest absolute Gasteiger partial charge is 0.258 e. The molecule has 0 unspecified atom stereocenters. The first kappa shape index (κ1) is 11.1. The maximum absolute atomic E-state index is 11.8. The van der Waals surface area contributed by atoms with Crippen molar-refractivity contribution in [1.29, 1.82) is 5.26 Å². The molecule has 0 fully saturated rings. The van der Waals surface area contributed by atoms with E-state index in [2.05, 4.69) is 20.5 Å². The lowest BCUT2D eigenvalue weighted by Crippen LogP contribution is -2.13. The maximum atomic E-state index is 11.8. The van der Waals surface area contributed by atoms with Gasteiger partial charge in [0.15, 0.2) is 0 Å². The van der Waals surface area contributed by atoms with Gasteiger partial charge in [-0.05, 0) is 6.07 Å². The van der Waals surface area contributed by atoms with E-state index in [4.69, 9.17) is 16.9 Å².